The van der Waals surface area contributed by atoms with Crippen LogP contribution in [0.1, 0.15) is 46.4 Å². The summed E-state index contributed by atoms with van der Waals surface area (Å²) >= 11 is 0. The lowest BCUT2D eigenvalue weighted by Gasteiger charge is -2.46. The molecule has 0 bridgehead atoms. The lowest BCUT2D eigenvalue weighted by Crippen LogP contribution is -2.51. The van der Waals surface area contributed by atoms with Crippen LogP contribution in [0.25, 0.3) is 0 Å². The molecular weight excluding hydrogens is 366 g/mol. The van der Waals surface area contributed by atoms with Crippen LogP contribution in [0.5, 0.6) is 0 Å². The number of hydrogen-bond donors (Lipinski definition) is 1. The highest BCUT2D eigenvalue weighted by atomic mass is 16.5. The van der Waals surface area contributed by atoms with Gasteiger partial charge in [0.2, 0.25) is 0 Å². The first-order valence-corrected chi connectivity index (χ1v) is 10.3. The van der Waals surface area contributed by atoms with Gasteiger partial charge in [0.25, 0.3) is 11.8 Å². The van der Waals surface area contributed by atoms with Crippen LogP contribution in [0.4, 0.5) is 0 Å². The van der Waals surface area contributed by atoms with Crippen molar-refractivity contribution in [1.29, 1.82) is 0 Å². The fourth-order valence-electron chi connectivity index (χ4n) is 4.37. The monoisotopic (exact) mass is 393 g/mol. The van der Waals surface area contributed by atoms with Crippen LogP contribution in [-0.4, -0.2) is 53.5 Å². The Morgan fingerprint density at radius 3 is 2.59 bits per heavy atom. The smallest absolute Gasteiger partial charge is 0.255 e. The van der Waals surface area contributed by atoms with E-state index in [1.165, 1.54) is 0 Å². The summed E-state index contributed by atoms with van der Waals surface area (Å²) in [6.07, 6.45) is 6.85. The number of likely N-dealkylation sites (tertiary alicyclic amines) is 1. The maximum Gasteiger partial charge on any atom is 0.255 e. The number of piperidine rings is 1. The van der Waals surface area contributed by atoms with Gasteiger partial charge in [0.1, 0.15) is 0 Å². The van der Waals surface area contributed by atoms with Crippen molar-refractivity contribution >= 4 is 11.8 Å². The van der Waals surface area contributed by atoms with Crippen molar-refractivity contribution in [3.8, 4) is 0 Å². The molecule has 2 saturated heterocycles. The summed E-state index contributed by atoms with van der Waals surface area (Å²) in [5.41, 5.74) is 1.15. The summed E-state index contributed by atoms with van der Waals surface area (Å²) in [5, 5.41) is 3.07. The average molecular weight is 393 g/mol. The zero-order valence-corrected chi connectivity index (χ0v) is 16.5. The van der Waals surface area contributed by atoms with E-state index < -0.39 is 0 Å². The predicted molar refractivity (Wildman–Crippen MR) is 110 cm³/mol. The molecule has 2 aliphatic rings. The number of ether oxygens (including phenoxy) is 1. The Morgan fingerprint density at radius 2 is 1.86 bits per heavy atom. The third kappa shape index (κ3) is 4.65. The predicted octanol–water partition coefficient (Wildman–Crippen LogP) is 2.91. The fraction of sp³-hybridized carbons (Fsp3) is 0.435. The lowest BCUT2D eigenvalue weighted by molar-refractivity contribution is -0.122. The molecule has 3 heterocycles. The van der Waals surface area contributed by atoms with Crippen LogP contribution in [-0.2, 0) is 4.74 Å². The molecule has 4 rings (SSSR count). The van der Waals surface area contributed by atoms with E-state index in [2.05, 4.69) is 10.3 Å². The number of carbonyl (C=O) groups excluding carboxylic acids is 2. The van der Waals surface area contributed by atoms with Crippen LogP contribution in [0.3, 0.4) is 0 Å². The first-order valence-electron chi connectivity index (χ1n) is 10.3. The number of pyridine rings is 1. The van der Waals surface area contributed by atoms with Crippen LogP contribution >= 0.6 is 0 Å². The number of carbonyl (C=O) groups is 2. The standard InChI is InChI=1S/C23H27N3O3/c27-21(19-5-2-1-3-6-19)25-16-18-8-14-29-23(15-18)9-12-26(13-10-23)22(28)20-7-4-11-24-17-20/h1-7,11,17-18H,8-10,12-16H2,(H,25,27). The second-order valence-corrected chi connectivity index (χ2v) is 8.00. The first kappa shape index (κ1) is 19.6. The van der Waals surface area contributed by atoms with Gasteiger partial charge >= 0.3 is 0 Å². The molecule has 1 unspecified atom stereocenters. The second-order valence-electron chi connectivity index (χ2n) is 8.00. The normalized spacial score (nSPS) is 21.0. The Morgan fingerprint density at radius 1 is 1.10 bits per heavy atom. The Hall–Kier alpha value is -2.73. The van der Waals surface area contributed by atoms with Crippen molar-refractivity contribution in [3.63, 3.8) is 0 Å². The van der Waals surface area contributed by atoms with Crippen LogP contribution in [0.2, 0.25) is 0 Å². The summed E-state index contributed by atoms with van der Waals surface area (Å²) in [4.78, 5) is 30.9. The molecule has 6 nitrogen and oxygen atoms in total. The molecule has 1 aromatic carbocycles. The van der Waals surface area contributed by atoms with E-state index in [1.54, 1.807) is 18.5 Å². The topological polar surface area (TPSA) is 71.5 Å². The molecule has 0 saturated carbocycles. The number of nitrogens with one attached hydrogen (secondary N) is 1. The highest BCUT2D eigenvalue weighted by Gasteiger charge is 2.41. The first-order chi connectivity index (χ1) is 14.2. The van der Waals surface area contributed by atoms with Crippen LogP contribution in [0.15, 0.2) is 54.9 Å². The maximum absolute atomic E-state index is 12.6. The van der Waals surface area contributed by atoms with Gasteiger partial charge < -0.3 is 15.0 Å². The summed E-state index contributed by atoms with van der Waals surface area (Å²) in [7, 11) is 0. The fourth-order valence-corrected chi connectivity index (χ4v) is 4.37. The minimum absolute atomic E-state index is 0.0250. The van der Waals surface area contributed by atoms with Gasteiger partial charge in [-0.15, -0.1) is 0 Å². The van der Waals surface area contributed by atoms with Gasteiger partial charge in [-0.25, -0.2) is 0 Å². The summed E-state index contributed by atoms with van der Waals surface area (Å²) in [6, 6.07) is 12.9. The molecule has 0 aliphatic carbocycles. The van der Waals surface area contributed by atoms with Crippen molar-refractivity contribution in [2.24, 2.45) is 5.92 Å². The summed E-state index contributed by atoms with van der Waals surface area (Å²) < 4.78 is 6.20. The molecule has 1 atom stereocenters. The van der Waals surface area contributed by atoms with Crippen molar-refractivity contribution in [3.05, 3.63) is 66.0 Å². The van der Waals surface area contributed by atoms with E-state index >= 15 is 0 Å². The Balaban J connectivity index is 1.29. The van der Waals surface area contributed by atoms with Crippen LogP contribution < -0.4 is 5.32 Å². The molecule has 0 radical (unpaired) electrons. The molecule has 152 valence electrons. The highest BCUT2D eigenvalue weighted by Crippen LogP contribution is 2.37. The SMILES string of the molecule is O=C(NCC1CCOC2(CCN(C(=O)c3cccnc3)CC2)C1)c1ccccc1. The van der Waals surface area contributed by atoms with E-state index in [9.17, 15) is 9.59 Å². The van der Waals surface area contributed by atoms with Gasteiger partial charge in [0.05, 0.1) is 11.2 Å². The zero-order chi connectivity index (χ0) is 20.1. The molecule has 1 N–H and O–H groups in total. The molecule has 29 heavy (non-hydrogen) atoms. The Labute approximate surface area is 171 Å². The quantitative estimate of drug-likeness (QED) is 0.867. The van der Waals surface area contributed by atoms with Crippen molar-refractivity contribution in [1.82, 2.24) is 15.2 Å². The van der Waals surface area contributed by atoms with Crippen molar-refractivity contribution < 1.29 is 14.3 Å². The minimum Gasteiger partial charge on any atom is -0.375 e. The number of hydrogen-bond acceptors (Lipinski definition) is 4. The zero-order valence-electron chi connectivity index (χ0n) is 16.5. The Bertz CT molecular complexity index is 833. The molecule has 6 heteroatoms. The van der Waals surface area contributed by atoms with Gasteiger partial charge in [-0.05, 0) is 55.9 Å². The van der Waals surface area contributed by atoms with E-state index in [0.29, 0.717) is 43.3 Å². The van der Waals surface area contributed by atoms with Crippen LogP contribution in [0, 0.1) is 5.92 Å². The maximum atomic E-state index is 12.6. The largest absolute Gasteiger partial charge is 0.375 e. The number of nitrogens with zero attached hydrogens (tertiary/aromatic N) is 2. The Kier molecular flexibility index (Phi) is 5.90. The van der Waals surface area contributed by atoms with E-state index in [0.717, 1.165) is 25.7 Å². The second kappa shape index (κ2) is 8.74. The number of rotatable bonds is 4. The van der Waals surface area contributed by atoms with Gasteiger partial charge in [-0.2, -0.15) is 0 Å². The van der Waals surface area contributed by atoms with E-state index in [4.69, 9.17) is 4.74 Å². The molecule has 1 spiro atoms. The molecule has 2 fully saturated rings. The lowest BCUT2D eigenvalue weighted by atomic mass is 9.79. The van der Waals surface area contributed by atoms with Gasteiger partial charge in [0, 0.05) is 44.2 Å². The highest BCUT2D eigenvalue weighted by molar-refractivity contribution is 5.94. The van der Waals surface area contributed by atoms with E-state index in [-0.39, 0.29) is 17.4 Å². The molecule has 2 amide bonds. The molecule has 2 aliphatic heterocycles. The molecule has 2 aromatic rings. The van der Waals surface area contributed by atoms with Gasteiger partial charge in [0.15, 0.2) is 0 Å². The number of aromatic nitrogens is 1. The number of amides is 2. The minimum atomic E-state index is -0.174. The van der Waals surface area contributed by atoms with Crippen molar-refractivity contribution in [2.45, 2.75) is 31.3 Å². The summed E-state index contributed by atoms with van der Waals surface area (Å²) in [5.74, 6) is 0.412. The summed E-state index contributed by atoms with van der Waals surface area (Å²) in [6.45, 7) is 2.76. The molecule has 1 aromatic heterocycles. The van der Waals surface area contributed by atoms with Crippen molar-refractivity contribution in [2.75, 3.05) is 26.2 Å². The molecular formula is C23H27N3O3. The average Bonchev–Trinajstić information content (AvgIpc) is 2.79. The third-order valence-electron chi connectivity index (χ3n) is 6.05. The number of benzene rings is 1. The van der Waals surface area contributed by atoms with Gasteiger partial charge in [-0.3, -0.25) is 14.6 Å². The third-order valence-corrected chi connectivity index (χ3v) is 6.05. The van der Waals surface area contributed by atoms with E-state index in [1.807, 2.05) is 41.3 Å². The van der Waals surface area contributed by atoms with Gasteiger partial charge in [-0.1, -0.05) is 18.2 Å².